The molecule has 5 nitrogen and oxygen atoms in total. The maximum absolute atomic E-state index is 11.3. The molecule has 0 unspecified atom stereocenters. The molecule has 0 fully saturated rings. The van der Waals surface area contributed by atoms with Crippen LogP contribution in [0.2, 0.25) is 0 Å². The highest BCUT2D eigenvalue weighted by Crippen LogP contribution is 2.06. The average molecular weight is 323 g/mol. The highest BCUT2D eigenvalue weighted by molar-refractivity contribution is 9.09. The first-order chi connectivity index (χ1) is 8.26. The first kappa shape index (κ1) is 17.4. The number of ether oxygens (including phenoxy) is 1. The summed E-state index contributed by atoms with van der Waals surface area (Å²) in [5.41, 5.74) is 5.18. The van der Waals surface area contributed by atoms with E-state index in [-0.39, 0.29) is 5.78 Å². The van der Waals surface area contributed by atoms with Gasteiger partial charge in [-0.25, -0.2) is 4.79 Å². The van der Waals surface area contributed by atoms with Crippen LogP contribution in [0.25, 0.3) is 0 Å². The van der Waals surface area contributed by atoms with E-state index in [2.05, 4.69) is 21.2 Å². The number of alkyl halides is 1. The number of nitrogens with one attached hydrogen (secondary N) is 1. The van der Waals surface area contributed by atoms with Gasteiger partial charge in [0.25, 0.3) is 0 Å². The Kier molecular flexibility index (Phi) is 8.18. The normalized spacial score (nSPS) is 12.9. The number of rotatable bonds is 7. The predicted octanol–water partition coefficient (Wildman–Crippen LogP) is 1.97. The van der Waals surface area contributed by atoms with Gasteiger partial charge >= 0.3 is 6.09 Å². The molecular formula is C12H23BrN2O3. The maximum atomic E-state index is 11.3. The highest BCUT2D eigenvalue weighted by Gasteiger charge is 2.15. The van der Waals surface area contributed by atoms with Crippen LogP contribution in [-0.4, -0.2) is 35.4 Å². The molecule has 0 saturated heterocycles. The van der Waals surface area contributed by atoms with Gasteiger partial charge in [-0.15, -0.1) is 0 Å². The van der Waals surface area contributed by atoms with Gasteiger partial charge in [0.05, 0.1) is 11.4 Å². The summed E-state index contributed by atoms with van der Waals surface area (Å²) in [6.45, 7) is 5.98. The third-order valence-electron chi connectivity index (χ3n) is 2.16. The van der Waals surface area contributed by atoms with Crippen molar-refractivity contribution in [1.29, 1.82) is 0 Å². The van der Waals surface area contributed by atoms with Gasteiger partial charge in [-0.3, -0.25) is 4.79 Å². The van der Waals surface area contributed by atoms with Gasteiger partial charge in [0.15, 0.2) is 5.78 Å². The molecule has 0 aromatic rings. The van der Waals surface area contributed by atoms with E-state index in [0.29, 0.717) is 18.3 Å². The lowest BCUT2D eigenvalue weighted by Crippen LogP contribution is -2.33. The summed E-state index contributed by atoms with van der Waals surface area (Å²) in [5, 5.41) is 2.96. The Morgan fingerprint density at radius 2 is 1.94 bits per heavy atom. The van der Waals surface area contributed by atoms with Crippen molar-refractivity contribution in [2.24, 2.45) is 5.73 Å². The van der Waals surface area contributed by atoms with E-state index >= 15 is 0 Å². The number of carbonyl (C=O) groups excluding carboxylic acids is 2. The van der Waals surface area contributed by atoms with Crippen LogP contribution in [0.15, 0.2) is 0 Å². The molecule has 0 radical (unpaired) electrons. The second-order valence-corrected chi connectivity index (χ2v) is 5.69. The number of hydrogen-bond acceptors (Lipinski definition) is 4. The molecule has 0 rings (SSSR count). The smallest absolute Gasteiger partial charge is 0.407 e. The number of hydrogen-bond donors (Lipinski definition) is 2. The van der Waals surface area contributed by atoms with E-state index in [0.717, 1.165) is 12.8 Å². The molecule has 18 heavy (non-hydrogen) atoms. The molecule has 0 bridgehead atoms. The number of amides is 1. The lowest BCUT2D eigenvalue weighted by Gasteiger charge is -2.19. The van der Waals surface area contributed by atoms with Gasteiger partial charge in [0, 0.05) is 6.54 Å². The second-order valence-electron chi connectivity index (χ2n) is 5.13. The van der Waals surface area contributed by atoms with Crippen LogP contribution in [0.3, 0.4) is 0 Å². The number of ketones is 1. The third kappa shape index (κ3) is 9.41. The Morgan fingerprint density at radius 3 is 2.44 bits per heavy atom. The van der Waals surface area contributed by atoms with Crippen molar-refractivity contribution in [2.75, 3.05) is 11.9 Å². The minimum absolute atomic E-state index is 0.00935. The zero-order chi connectivity index (χ0) is 14.2. The van der Waals surface area contributed by atoms with Gasteiger partial charge in [-0.05, 0) is 40.0 Å². The van der Waals surface area contributed by atoms with Crippen molar-refractivity contribution in [1.82, 2.24) is 5.32 Å². The highest BCUT2D eigenvalue weighted by atomic mass is 79.9. The van der Waals surface area contributed by atoms with Gasteiger partial charge in [0.1, 0.15) is 5.60 Å². The van der Waals surface area contributed by atoms with E-state index < -0.39 is 17.7 Å². The standard InChI is InChI=1S/C12H23BrN2O3/c1-12(2,3)18-11(17)15-7-5-4-6-9(14)10(16)8-13/h9H,4-8,14H2,1-3H3,(H,15,17)/t9-/m0/s1. The SMILES string of the molecule is CC(C)(C)OC(=O)NCCCC[C@H](N)C(=O)CBr. The Bertz CT molecular complexity index is 277. The Hall–Kier alpha value is -0.620. The van der Waals surface area contributed by atoms with E-state index in [1.54, 1.807) is 0 Å². The molecule has 0 heterocycles. The molecule has 0 saturated carbocycles. The molecule has 0 aliphatic carbocycles. The fraction of sp³-hybridized carbons (Fsp3) is 0.833. The van der Waals surface area contributed by atoms with Crippen LogP contribution >= 0.6 is 15.9 Å². The summed E-state index contributed by atoms with van der Waals surface area (Å²) < 4.78 is 5.09. The zero-order valence-electron chi connectivity index (χ0n) is 11.3. The summed E-state index contributed by atoms with van der Waals surface area (Å²) in [5.74, 6) is 0.00935. The molecular weight excluding hydrogens is 300 g/mol. The second kappa shape index (κ2) is 8.48. The number of unbranched alkanes of at least 4 members (excludes halogenated alkanes) is 1. The van der Waals surface area contributed by atoms with Crippen LogP contribution < -0.4 is 11.1 Å². The number of halogens is 1. The molecule has 3 N–H and O–H groups in total. The number of alkyl carbamates (subject to hydrolysis) is 1. The summed E-state index contributed by atoms with van der Waals surface area (Å²) >= 11 is 3.08. The van der Waals surface area contributed by atoms with Crippen LogP contribution in [0.5, 0.6) is 0 Å². The van der Waals surface area contributed by atoms with E-state index in [1.807, 2.05) is 20.8 Å². The first-order valence-corrected chi connectivity index (χ1v) is 7.19. The number of Topliss-reactive ketones (excluding diaryl/α,β-unsaturated/α-hetero) is 1. The molecule has 1 amide bonds. The number of nitrogens with two attached hydrogens (primary N) is 1. The lowest BCUT2D eigenvalue weighted by molar-refractivity contribution is -0.117. The molecule has 6 heteroatoms. The molecule has 0 aromatic heterocycles. The van der Waals surface area contributed by atoms with Crippen molar-refractivity contribution in [3.8, 4) is 0 Å². The van der Waals surface area contributed by atoms with Gasteiger partial charge in [-0.2, -0.15) is 0 Å². The Balaban J connectivity index is 3.57. The zero-order valence-corrected chi connectivity index (χ0v) is 12.9. The minimum atomic E-state index is -0.477. The quantitative estimate of drug-likeness (QED) is 0.554. The van der Waals surface area contributed by atoms with Crippen molar-refractivity contribution in [2.45, 2.75) is 51.7 Å². The van der Waals surface area contributed by atoms with E-state index in [4.69, 9.17) is 10.5 Å². The molecule has 0 aliphatic heterocycles. The molecule has 106 valence electrons. The van der Waals surface area contributed by atoms with Gasteiger partial charge in [-0.1, -0.05) is 15.9 Å². The number of carbonyl (C=O) groups is 2. The van der Waals surface area contributed by atoms with Crippen molar-refractivity contribution < 1.29 is 14.3 Å². The van der Waals surface area contributed by atoms with Crippen LogP contribution in [0.1, 0.15) is 40.0 Å². The fourth-order valence-electron chi connectivity index (χ4n) is 1.25. The van der Waals surface area contributed by atoms with E-state index in [9.17, 15) is 9.59 Å². The minimum Gasteiger partial charge on any atom is -0.444 e. The largest absolute Gasteiger partial charge is 0.444 e. The Morgan fingerprint density at radius 1 is 1.33 bits per heavy atom. The molecule has 0 spiro atoms. The summed E-state index contributed by atoms with van der Waals surface area (Å²) in [4.78, 5) is 22.5. The summed E-state index contributed by atoms with van der Waals surface area (Å²) in [6.07, 6.45) is 1.81. The predicted molar refractivity (Wildman–Crippen MR) is 74.9 cm³/mol. The Labute approximate surface area is 117 Å². The summed E-state index contributed by atoms with van der Waals surface area (Å²) in [7, 11) is 0. The van der Waals surface area contributed by atoms with Crippen molar-refractivity contribution in [3.63, 3.8) is 0 Å². The van der Waals surface area contributed by atoms with Crippen molar-refractivity contribution >= 4 is 27.8 Å². The first-order valence-electron chi connectivity index (χ1n) is 6.07. The van der Waals surface area contributed by atoms with Crippen LogP contribution in [0, 0.1) is 0 Å². The monoisotopic (exact) mass is 322 g/mol. The average Bonchev–Trinajstić information content (AvgIpc) is 2.24. The van der Waals surface area contributed by atoms with E-state index in [1.165, 1.54) is 0 Å². The lowest BCUT2D eigenvalue weighted by atomic mass is 10.1. The summed E-state index contributed by atoms with van der Waals surface area (Å²) in [6, 6.07) is -0.411. The van der Waals surface area contributed by atoms with Gasteiger partial charge < -0.3 is 15.8 Å². The molecule has 0 aromatic carbocycles. The fourth-order valence-corrected chi connectivity index (χ4v) is 1.67. The molecule has 1 atom stereocenters. The van der Waals surface area contributed by atoms with Crippen LogP contribution in [-0.2, 0) is 9.53 Å². The molecule has 0 aliphatic rings. The topological polar surface area (TPSA) is 81.4 Å². The van der Waals surface area contributed by atoms with Crippen LogP contribution in [0.4, 0.5) is 4.79 Å². The van der Waals surface area contributed by atoms with Crippen molar-refractivity contribution in [3.05, 3.63) is 0 Å². The third-order valence-corrected chi connectivity index (χ3v) is 2.71. The van der Waals surface area contributed by atoms with Gasteiger partial charge in [0.2, 0.25) is 0 Å². The maximum Gasteiger partial charge on any atom is 0.407 e.